The summed E-state index contributed by atoms with van der Waals surface area (Å²) in [5.74, 6) is -0.344. The SMILES string of the molecule is CC1CCC(N)C(C(=O)N(CCO)CC(F)F)C1. The van der Waals surface area contributed by atoms with Crippen molar-refractivity contribution >= 4 is 5.91 Å². The molecule has 3 N–H and O–H groups in total. The van der Waals surface area contributed by atoms with Crippen LogP contribution in [0.1, 0.15) is 26.2 Å². The van der Waals surface area contributed by atoms with E-state index in [0.29, 0.717) is 12.3 Å². The van der Waals surface area contributed by atoms with Gasteiger partial charge in [0.05, 0.1) is 19.1 Å². The second kappa shape index (κ2) is 6.99. The molecule has 0 aromatic rings. The summed E-state index contributed by atoms with van der Waals surface area (Å²) in [6, 6.07) is -0.257. The van der Waals surface area contributed by atoms with Crippen molar-refractivity contribution < 1.29 is 18.7 Å². The maximum absolute atomic E-state index is 12.4. The Labute approximate surface area is 106 Å². The molecule has 0 bridgehead atoms. The molecule has 106 valence electrons. The first-order valence-corrected chi connectivity index (χ1v) is 6.39. The van der Waals surface area contributed by atoms with Crippen molar-refractivity contribution in [1.29, 1.82) is 0 Å². The Kier molecular flexibility index (Phi) is 5.95. The summed E-state index contributed by atoms with van der Waals surface area (Å²) in [5.41, 5.74) is 5.91. The van der Waals surface area contributed by atoms with Crippen molar-refractivity contribution in [2.24, 2.45) is 17.6 Å². The van der Waals surface area contributed by atoms with Gasteiger partial charge >= 0.3 is 0 Å². The molecule has 1 saturated carbocycles. The second-order valence-corrected chi connectivity index (χ2v) is 5.09. The maximum Gasteiger partial charge on any atom is 0.255 e. The number of nitrogens with zero attached hydrogens (tertiary/aromatic N) is 1. The highest BCUT2D eigenvalue weighted by molar-refractivity contribution is 5.79. The Morgan fingerprint density at radius 3 is 2.72 bits per heavy atom. The van der Waals surface area contributed by atoms with Crippen LogP contribution in [0.4, 0.5) is 8.78 Å². The van der Waals surface area contributed by atoms with Gasteiger partial charge in [-0.15, -0.1) is 0 Å². The van der Waals surface area contributed by atoms with Crippen LogP contribution in [0.25, 0.3) is 0 Å². The van der Waals surface area contributed by atoms with Gasteiger partial charge in [0.15, 0.2) is 0 Å². The molecule has 1 fully saturated rings. The van der Waals surface area contributed by atoms with Crippen molar-refractivity contribution in [3.63, 3.8) is 0 Å². The number of carbonyl (C=O) groups excluding carboxylic acids is 1. The van der Waals surface area contributed by atoms with Gasteiger partial charge in [0.1, 0.15) is 0 Å². The molecule has 0 aromatic heterocycles. The van der Waals surface area contributed by atoms with E-state index in [1.165, 1.54) is 0 Å². The topological polar surface area (TPSA) is 66.6 Å². The first kappa shape index (κ1) is 15.3. The van der Waals surface area contributed by atoms with Crippen LogP contribution in [-0.2, 0) is 4.79 Å². The smallest absolute Gasteiger partial charge is 0.255 e. The Balaban J connectivity index is 2.67. The lowest BCUT2D eigenvalue weighted by molar-refractivity contribution is -0.140. The average molecular weight is 264 g/mol. The zero-order valence-electron chi connectivity index (χ0n) is 10.7. The minimum atomic E-state index is -2.59. The third-order valence-electron chi connectivity index (χ3n) is 3.52. The van der Waals surface area contributed by atoms with E-state index in [1.54, 1.807) is 0 Å². The van der Waals surface area contributed by atoms with E-state index in [0.717, 1.165) is 17.7 Å². The molecule has 3 atom stereocenters. The maximum atomic E-state index is 12.4. The zero-order chi connectivity index (χ0) is 13.7. The highest BCUT2D eigenvalue weighted by Gasteiger charge is 2.34. The summed E-state index contributed by atoms with van der Waals surface area (Å²) >= 11 is 0. The molecule has 0 aromatic carbocycles. The van der Waals surface area contributed by atoms with E-state index < -0.39 is 13.0 Å². The molecule has 6 heteroatoms. The standard InChI is InChI=1S/C12H22F2N2O2/c1-8-2-3-10(15)9(6-8)12(18)16(4-5-17)7-11(13)14/h8-11,17H,2-7,15H2,1H3. The van der Waals surface area contributed by atoms with Crippen LogP contribution >= 0.6 is 0 Å². The van der Waals surface area contributed by atoms with E-state index in [4.69, 9.17) is 10.8 Å². The van der Waals surface area contributed by atoms with Gasteiger partial charge in [0.25, 0.3) is 6.43 Å². The fourth-order valence-corrected chi connectivity index (χ4v) is 2.50. The molecule has 0 radical (unpaired) electrons. The first-order valence-electron chi connectivity index (χ1n) is 6.39. The molecular weight excluding hydrogens is 242 g/mol. The third kappa shape index (κ3) is 4.17. The van der Waals surface area contributed by atoms with Gasteiger partial charge in [-0.2, -0.15) is 0 Å². The van der Waals surface area contributed by atoms with E-state index in [9.17, 15) is 13.6 Å². The van der Waals surface area contributed by atoms with Crippen LogP contribution < -0.4 is 5.73 Å². The van der Waals surface area contributed by atoms with Gasteiger partial charge < -0.3 is 15.7 Å². The van der Waals surface area contributed by atoms with Crippen molar-refractivity contribution in [2.75, 3.05) is 19.7 Å². The highest BCUT2D eigenvalue weighted by atomic mass is 19.3. The summed E-state index contributed by atoms with van der Waals surface area (Å²) in [5, 5.41) is 8.84. The average Bonchev–Trinajstić information content (AvgIpc) is 2.30. The number of aliphatic hydroxyl groups excluding tert-OH is 1. The van der Waals surface area contributed by atoms with Gasteiger partial charge in [0, 0.05) is 12.6 Å². The molecule has 1 amide bonds. The largest absolute Gasteiger partial charge is 0.395 e. The number of hydrogen-bond acceptors (Lipinski definition) is 3. The fraction of sp³-hybridized carbons (Fsp3) is 0.917. The van der Waals surface area contributed by atoms with E-state index in [-0.39, 0.29) is 31.0 Å². The minimum absolute atomic E-state index is 0.0548. The Bertz CT molecular complexity index is 277. The molecule has 4 nitrogen and oxygen atoms in total. The number of rotatable bonds is 5. The Morgan fingerprint density at radius 2 is 2.17 bits per heavy atom. The summed E-state index contributed by atoms with van der Waals surface area (Å²) < 4.78 is 24.8. The van der Waals surface area contributed by atoms with E-state index >= 15 is 0 Å². The lowest BCUT2D eigenvalue weighted by Gasteiger charge is -2.35. The number of nitrogens with two attached hydrogens (primary N) is 1. The summed E-state index contributed by atoms with van der Waals surface area (Å²) in [6.07, 6.45) is -0.220. The van der Waals surface area contributed by atoms with E-state index in [2.05, 4.69) is 0 Å². The van der Waals surface area contributed by atoms with Crippen LogP contribution in [0, 0.1) is 11.8 Å². The molecule has 3 unspecified atom stereocenters. The number of halogens is 2. The highest BCUT2D eigenvalue weighted by Crippen LogP contribution is 2.29. The van der Waals surface area contributed by atoms with E-state index in [1.807, 2.05) is 6.92 Å². The first-order chi connectivity index (χ1) is 8.45. The van der Waals surface area contributed by atoms with Crippen LogP contribution in [0.15, 0.2) is 0 Å². The third-order valence-corrected chi connectivity index (χ3v) is 3.52. The van der Waals surface area contributed by atoms with Gasteiger partial charge in [0.2, 0.25) is 5.91 Å². The quantitative estimate of drug-likeness (QED) is 0.773. The normalized spacial score (nSPS) is 28.4. The number of alkyl halides is 2. The minimum Gasteiger partial charge on any atom is -0.395 e. The molecule has 1 aliphatic carbocycles. The van der Waals surface area contributed by atoms with Crippen molar-refractivity contribution in [3.05, 3.63) is 0 Å². The van der Waals surface area contributed by atoms with Crippen molar-refractivity contribution in [3.8, 4) is 0 Å². The molecular formula is C12H22F2N2O2. The fourth-order valence-electron chi connectivity index (χ4n) is 2.50. The van der Waals surface area contributed by atoms with Crippen LogP contribution in [0.2, 0.25) is 0 Å². The summed E-state index contributed by atoms with van der Waals surface area (Å²) in [4.78, 5) is 13.2. The molecule has 0 saturated heterocycles. The van der Waals surface area contributed by atoms with Gasteiger partial charge in [-0.3, -0.25) is 4.79 Å². The molecule has 0 heterocycles. The zero-order valence-corrected chi connectivity index (χ0v) is 10.7. The number of hydrogen-bond donors (Lipinski definition) is 2. The van der Waals surface area contributed by atoms with Gasteiger partial charge in [-0.25, -0.2) is 8.78 Å². The number of aliphatic hydroxyl groups is 1. The molecule has 1 rings (SSSR count). The lowest BCUT2D eigenvalue weighted by Crippen LogP contribution is -2.48. The van der Waals surface area contributed by atoms with Gasteiger partial charge in [-0.1, -0.05) is 6.92 Å². The Morgan fingerprint density at radius 1 is 1.50 bits per heavy atom. The molecule has 1 aliphatic rings. The summed E-state index contributed by atoms with van der Waals surface area (Å²) in [6.45, 7) is 1.05. The van der Waals surface area contributed by atoms with Crippen LogP contribution in [-0.4, -0.2) is 48.1 Å². The predicted molar refractivity (Wildman–Crippen MR) is 64.2 cm³/mol. The second-order valence-electron chi connectivity index (χ2n) is 5.09. The molecule has 0 aliphatic heterocycles. The summed E-state index contributed by atoms with van der Waals surface area (Å²) in [7, 11) is 0. The Hall–Kier alpha value is -0.750. The molecule has 18 heavy (non-hydrogen) atoms. The van der Waals surface area contributed by atoms with Crippen molar-refractivity contribution in [1.82, 2.24) is 4.90 Å². The predicted octanol–water partition coefficient (Wildman–Crippen LogP) is 0.836. The van der Waals surface area contributed by atoms with Crippen LogP contribution in [0.3, 0.4) is 0 Å². The van der Waals surface area contributed by atoms with Crippen molar-refractivity contribution in [2.45, 2.75) is 38.7 Å². The number of amides is 1. The number of carbonyl (C=O) groups is 1. The lowest BCUT2D eigenvalue weighted by atomic mass is 9.78. The molecule has 0 spiro atoms. The van der Waals surface area contributed by atoms with Crippen LogP contribution in [0.5, 0.6) is 0 Å². The monoisotopic (exact) mass is 264 g/mol. The van der Waals surface area contributed by atoms with Gasteiger partial charge in [-0.05, 0) is 25.2 Å².